The molecule has 1 rings (SSSR count). The van der Waals surface area contributed by atoms with Crippen molar-refractivity contribution >= 4 is 11.9 Å². The van der Waals surface area contributed by atoms with Crippen LogP contribution in [-0.4, -0.2) is 41.0 Å². The van der Waals surface area contributed by atoms with Crippen molar-refractivity contribution in [3.63, 3.8) is 0 Å². The van der Waals surface area contributed by atoms with Crippen molar-refractivity contribution in [2.24, 2.45) is 5.73 Å². The molecule has 0 aromatic heterocycles. The molecule has 5 heteroatoms. The molecule has 1 atom stereocenters. The highest BCUT2D eigenvalue weighted by molar-refractivity contribution is 5.79. The molecule has 1 fully saturated rings. The molecule has 0 aromatic rings. The van der Waals surface area contributed by atoms with Crippen molar-refractivity contribution in [2.75, 3.05) is 13.1 Å². The molecule has 1 aliphatic heterocycles. The van der Waals surface area contributed by atoms with Crippen molar-refractivity contribution in [1.29, 1.82) is 0 Å². The zero-order valence-corrected chi connectivity index (χ0v) is 8.82. The molecule has 1 unspecified atom stereocenters. The standard InChI is InChI=1S/C10H18N2O3/c11-8-6-9(13)12(7-8)5-3-1-2-4-10(14)15/h8H,1-7,11H2,(H,14,15). The van der Waals surface area contributed by atoms with Gasteiger partial charge in [-0.05, 0) is 12.8 Å². The number of unbranched alkanes of at least 4 members (excludes halogenated alkanes) is 2. The smallest absolute Gasteiger partial charge is 0.303 e. The van der Waals surface area contributed by atoms with E-state index in [9.17, 15) is 9.59 Å². The van der Waals surface area contributed by atoms with Gasteiger partial charge in [-0.3, -0.25) is 9.59 Å². The summed E-state index contributed by atoms with van der Waals surface area (Å²) in [4.78, 5) is 23.3. The summed E-state index contributed by atoms with van der Waals surface area (Å²) >= 11 is 0. The molecule has 0 aromatic carbocycles. The Morgan fingerprint density at radius 3 is 2.73 bits per heavy atom. The summed E-state index contributed by atoms with van der Waals surface area (Å²) < 4.78 is 0. The lowest BCUT2D eigenvalue weighted by atomic mass is 10.2. The molecule has 1 heterocycles. The molecule has 1 saturated heterocycles. The Bertz CT molecular complexity index is 243. The van der Waals surface area contributed by atoms with Crippen LogP contribution in [0.15, 0.2) is 0 Å². The lowest BCUT2D eigenvalue weighted by Gasteiger charge is -2.15. The van der Waals surface area contributed by atoms with Gasteiger partial charge in [-0.25, -0.2) is 0 Å². The molecule has 3 N–H and O–H groups in total. The highest BCUT2D eigenvalue weighted by Gasteiger charge is 2.25. The van der Waals surface area contributed by atoms with Gasteiger partial charge in [0.2, 0.25) is 5.91 Å². The molecule has 1 amide bonds. The lowest BCUT2D eigenvalue weighted by molar-refractivity contribution is -0.137. The fourth-order valence-electron chi connectivity index (χ4n) is 1.77. The number of aliphatic carboxylic acids is 1. The number of carboxylic acids is 1. The Balaban J connectivity index is 2.05. The van der Waals surface area contributed by atoms with Crippen molar-refractivity contribution in [3.05, 3.63) is 0 Å². The second-order valence-corrected chi connectivity index (χ2v) is 4.01. The number of carbonyl (C=O) groups excluding carboxylic acids is 1. The van der Waals surface area contributed by atoms with Gasteiger partial charge in [0.25, 0.3) is 0 Å². The zero-order valence-electron chi connectivity index (χ0n) is 8.82. The molecule has 0 saturated carbocycles. The number of nitrogens with two attached hydrogens (primary N) is 1. The highest BCUT2D eigenvalue weighted by Crippen LogP contribution is 2.10. The average molecular weight is 214 g/mol. The van der Waals surface area contributed by atoms with Crippen molar-refractivity contribution < 1.29 is 14.7 Å². The van der Waals surface area contributed by atoms with Gasteiger partial charge in [-0.1, -0.05) is 6.42 Å². The summed E-state index contributed by atoms with van der Waals surface area (Å²) in [5, 5.41) is 8.42. The topological polar surface area (TPSA) is 83.6 Å². The molecule has 0 radical (unpaired) electrons. The van der Waals surface area contributed by atoms with Crippen LogP contribution in [0.2, 0.25) is 0 Å². The minimum absolute atomic E-state index is 0.0171. The van der Waals surface area contributed by atoms with Crippen molar-refractivity contribution in [1.82, 2.24) is 4.90 Å². The summed E-state index contributed by atoms with van der Waals surface area (Å²) in [7, 11) is 0. The Morgan fingerprint density at radius 2 is 2.20 bits per heavy atom. The predicted octanol–water partition coefficient (Wildman–Crippen LogP) is 0.191. The Kier molecular flexibility index (Phi) is 4.55. The number of nitrogens with zero attached hydrogens (tertiary/aromatic N) is 1. The van der Waals surface area contributed by atoms with Gasteiger partial charge in [0.05, 0.1) is 0 Å². The molecule has 5 nitrogen and oxygen atoms in total. The van der Waals surface area contributed by atoms with Crippen LogP contribution in [0.25, 0.3) is 0 Å². The first kappa shape index (κ1) is 12.0. The third-order valence-corrected chi connectivity index (χ3v) is 2.56. The molecular formula is C10H18N2O3. The van der Waals surface area contributed by atoms with Gasteiger partial charge < -0.3 is 15.7 Å². The number of hydrogen-bond acceptors (Lipinski definition) is 3. The van der Waals surface area contributed by atoms with Crippen LogP contribution in [-0.2, 0) is 9.59 Å². The van der Waals surface area contributed by atoms with Crippen LogP contribution in [0.1, 0.15) is 32.1 Å². The van der Waals surface area contributed by atoms with Gasteiger partial charge in [0.1, 0.15) is 0 Å². The lowest BCUT2D eigenvalue weighted by Crippen LogP contribution is -2.29. The van der Waals surface area contributed by atoms with E-state index in [0.29, 0.717) is 25.9 Å². The number of likely N-dealkylation sites (tertiary alicyclic amines) is 1. The van der Waals surface area contributed by atoms with E-state index in [1.54, 1.807) is 4.90 Å². The van der Waals surface area contributed by atoms with E-state index in [-0.39, 0.29) is 18.4 Å². The maximum absolute atomic E-state index is 11.3. The van der Waals surface area contributed by atoms with Gasteiger partial charge in [-0.2, -0.15) is 0 Å². The third kappa shape index (κ3) is 4.29. The van der Waals surface area contributed by atoms with Crippen LogP contribution in [0.4, 0.5) is 0 Å². The molecule has 86 valence electrons. The largest absolute Gasteiger partial charge is 0.481 e. The van der Waals surface area contributed by atoms with E-state index in [0.717, 1.165) is 12.8 Å². The maximum atomic E-state index is 11.3. The molecule has 0 bridgehead atoms. The predicted molar refractivity (Wildman–Crippen MR) is 55.3 cm³/mol. The monoisotopic (exact) mass is 214 g/mol. The number of amides is 1. The summed E-state index contributed by atoms with van der Waals surface area (Å²) in [6.07, 6.45) is 3.07. The van der Waals surface area contributed by atoms with Crippen LogP contribution < -0.4 is 5.73 Å². The minimum atomic E-state index is -0.755. The number of rotatable bonds is 6. The Hall–Kier alpha value is -1.10. The summed E-state index contributed by atoms with van der Waals surface area (Å²) in [5.74, 6) is -0.630. The molecule has 15 heavy (non-hydrogen) atoms. The normalized spacial score (nSPS) is 21.0. The van der Waals surface area contributed by atoms with Crippen molar-refractivity contribution in [2.45, 2.75) is 38.1 Å². The van der Waals surface area contributed by atoms with Crippen LogP contribution in [0.5, 0.6) is 0 Å². The van der Waals surface area contributed by atoms with E-state index in [1.807, 2.05) is 0 Å². The van der Waals surface area contributed by atoms with Gasteiger partial charge in [0.15, 0.2) is 0 Å². The minimum Gasteiger partial charge on any atom is -0.481 e. The quantitative estimate of drug-likeness (QED) is 0.618. The second-order valence-electron chi connectivity index (χ2n) is 4.01. The van der Waals surface area contributed by atoms with Crippen LogP contribution >= 0.6 is 0 Å². The maximum Gasteiger partial charge on any atom is 0.303 e. The first-order chi connectivity index (χ1) is 7.09. The third-order valence-electron chi connectivity index (χ3n) is 2.56. The van der Waals surface area contributed by atoms with Gasteiger partial charge >= 0.3 is 5.97 Å². The molecular weight excluding hydrogens is 196 g/mol. The van der Waals surface area contributed by atoms with Gasteiger partial charge in [0, 0.05) is 32.0 Å². The summed E-state index contributed by atoms with van der Waals surface area (Å²) in [5.41, 5.74) is 5.65. The van der Waals surface area contributed by atoms with E-state index in [2.05, 4.69) is 0 Å². The summed E-state index contributed by atoms with van der Waals surface area (Å²) in [6, 6.07) is -0.0171. The van der Waals surface area contributed by atoms with Crippen molar-refractivity contribution in [3.8, 4) is 0 Å². The molecule has 0 spiro atoms. The average Bonchev–Trinajstić information content (AvgIpc) is 2.44. The van der Waals surface area contributed by atoms with Crippen LogP contribution in [0.3, 0.4) is 0 Å². The van der Waals surface area contributed by atoms with E-state index >= 15 is 0 Å². The Morgan fingerprint density at radius 1 is 1.47 bits per heavy atom. The Labute approximate surface area is 89.2 Å². The highest BCUT2D eigenvalue weighted by atomic mass is 16.4. The van der Waals surface area contributed by atoms with Crippen LogP contribution in [0, 0.1) is 0 Å². The molecule has 1 aliphatic rings. The fourth-order valence-corrected chi connectivity index (χ4v) is 1.77. The second kappa shape index (κ2) is 5.70. The summed E-state index contributed by atoms with van der Waals surface area (Å²) in [6.45, 7) is 1.36. The number of hydrogen-bond donors (Lipinski definition) is 2. The van der Waals surface area contributed by atoms with Gasteiger partial charge in [-0.15, -0.1) is 0 Å². The fraction of sp³-hybridized carbons (Fsp3) is 0.800. The van der Waals surface area contributed by atoms with E-state index < -0.39 is 5.97 Å². The SMILES string of the molecule is NC1CC(=O)N(CCCCCC(=O)O)C1. The first-order valence-corrected chi connectivity index (χ1v) is 5.34. The number of carbonyl (C=O) groups is 2. The number of carboxylic acid groups (broad SMARTS) is 1. The van der Waals surface area contributed by atoms with E-state index in [1.165, 1.54) is 0 Å². The molecule has 0 aliphatic carbocycles. The zero-order chi connectivity index (χ0) is 11.3. The first-order valence-electron chi connectivity index (χ1n) is 5.34. The van der Waals surface area contributed by atoms with E-state index in [4.69, 9.17) is 10.8 Å².